The fraction of sp³-hybridized carbons (Fsp3) is 0.292. The number of rotatable bonds is 6. The van der Waals surface area contributed by atoms with Crippen LogP contribution < -0.4 is 5.32 Å². The van der Waals surface area contributed by atoms with E-state index in [0.717, 1.165) is 33.2 Å². The highest BCUT2D eigenvalue weighted by Crippen LogP contribution is 2.42. The van der Waals surface area contributed by atoms with Gasteiger partial charge in [-0.05, 0) is 99.0 Å². The minimum absolute atomic E-state index is 0.180. The third-order valence-electron chi connectivity index (χ3n) is 10.5. The molecule has 0 radical (unpaired) electrons. The second-order valence-electron chi connectivity index (χ2n) is 17.5. The van der Waals surface area contributed by atoms with Crippen molar-refractivity contribution < 1.29 is 28.7 Å². The summed E-state index contributed by atoms with van der Waals surface area (Å²) in [4.78, 5) is 66.4. The van der Waals surface area contributed by atoms with Crippen LogP contribution in [0.3, 0.4) is 0 Å². The van der Waals surface area contributed by atoms with Crippen LogP contribution in [0, 0.1) is 0 Å². The highest BCUT2D eigenvalue weighted by molar-refractivity contribution is 6.67. The Morgan fingerprint density at radius 3 is 1.60 bits per heavy atom. The van der Waals surface area contributed by atoms with Crippen molar-refractivity contribution in [3.8, 4) is 0 Å². The number of amides is 1. The van der Waals surface area contributed by atoms with Crippen LogP contribution in [0.4, 0.5) is 0 Å². The standard InChI is InChI=1S/C24H22Cl3N3O3.C17H20ClN3O2.C7H3Cl3O/c1-12(2)33-23(32)16-10-30(22(31)13-5-6-17(26)18(27)7-13)11-24(3,4)19-15-8-14(25)9-28-21(15)29-20(16)19;1-9(2)23-16(22)12-7-19-8-17(3,4)13-11-5-10(18)6-20-15(11)21-14(12)13;8-5-2-1-4(7(10)11)3-6(5)9/h5-10,12H,11H2,1-4H3,(H,28,29);5-7,9,19H,8H2,1-4H3,(H,20,21);1-3H. The minimum atomic E-state index is -0.567. The van der Waals surface area contributed by atoms with Crippen LogP contribution in [-0.4, -0.2) is 73.2 Å². The van der Waals surface area contributed by atoms with Crippen LogP contribution in [0.15, 0.2) is 73.3 Å². The predicted molar refractivity (Wildman–Crippen MR) is 269 cm³/mol. The van der Waals surface area contributed by atoms with Crippen LogP contribution >= 0.6 is 81.2 Å². The summed E-state index contributed by atoms with van der Waals surface area (Å²) in [6.45, 7) is 16.4. The minimum Gasteiger partial charge on any atom is -0.459 e. The van der Waals surface area contributed by atoms with E-state index in [-0.39, 0.29) is 46.6 Å². The van der Waals surface area contributed by atoms with Gasteiger partial charge in [0.25, 0.3) is 11.1 Å². The van der Waals surface area contributed by atoms with Crippen LogP contribution in [0.5, 0.6) is 0 Å². The van der Waals surface area contributed by atoms with Crippen LogP contribution in [0.2, 0.25) is 30.1 Å². The van der Waals surface area contributed by atoms with Gasteiger partial charge in [-0.1, -0.05) is 97.3 Å². The van der Waals surface area contributed by atoms with Crippen molar-refractivity contribution in [2.75, 3.05) is 13.1 Å². The second-order valence-corrected chi connectivity index (χ2v) is 20.3. The Balaban J connectivity index is 0.000000188. The molecule has 0 bridgehead atoms. The normalized spacial score (nSPS) is 14.8. The lowest BCUT2D eigenvalue weighted by Gasteiger charge is -2.29. The van der Waals surface area contributed by atoms with Crippen LogP contribution in [0.1, 0.15) is 98.6 Å². The maximum absolute atomic E-state index is 13.5. The SMILES string of the molecule is CC(C)OC(=O)C1=CN(C(=O)c2ccc(Cl)c(Cl)c2)CC(C)(C)c2c1[nH]c1ncc(Cl)cc21.CC(C)OC(=O)C1=CNCC(C)(C)c2c1[nH]c1ncc(Cl)cc21.O=C(Cl)c1ccc(Cl)c(Cl)c1. The monoisotopic (exact) mass is 1050 g/mol. The molecule has 0 spiro atoms. The number of halogens is 7. The van der Waals surface area contributed by atoms with Gasteiger partial charge in [0.2, 0.25) is 0 Å². The van der Waals surface area contributed by atoms with Crippen molar-refractivity contribution in [3.05, 3.63) is 137 Å². The zero-order chi connectivity index (χ0) is 49.3. The summed E-state index contributed by atoms with van der Waals surface area (Å²) in [6, 6.07) is 12.9. The summed E-state index contributed by atoms with van der Waals surface area (Å²) in [5, 5.41) is 6.82. The highest BCUT2D eigenvalue weighted by Gasteiger charge is 2.38. The predicted octanol–water partition coefficient (Wildman–Crippen LogP) is 13.0. The molecule has 0 unspecified atom stereocenters. The molecule has 2 aromatic carbocycles. The first-order valence-corrected chi connectivity index (χ1v) is 23.4. The number of aromatic nitrogens is 4. The van der Waals surface area contributed by atoms with Gasteiger partial charge in [0, 0.05) is 70.6 Å². The molecule has 0 saturated heterocycles. The van der Waals surface area contributed by atoms with E-state index in [9.17, 15) is 19.2 Å². The first-order chi connectivity index (χ1) is 31.4. The number of ether oxygens (including phenoxy) is 2. The summed E-state index contributed by atoms with van der Waals surface area (Å²) in [6.07, 6.45) is 5.87. The Morgan fingerprint density at radius 2 is 1.10 bits per heavy atom. The van der Waals surface area contributed by atoms with E-state index in [2.05, 4.69) is 39.1 Å². The van der Waals surface area contributed by atoms with E-state index in [1.54, 1.807) is 44.6 Å². The Morgan fingerprint density at radius 1 is 0.642 bits per heavy atom. The maximum atomic E-state index is 13.5. The van der Waals surface area contributed by atoms with Gasteiger partial charge in [-0.3, -0.25) is 9.59 Å². The molecule has 8 rings (SSSR count). The molecule has 0 aliphatic carbocycles. The van der Waals surface area contributed by atoms with E-state index in [1.807, 2.05) is 39.8 Å². The molecule has 6 aromatic rings. The maximum Gasteiger partial charge on any atom is 0.342 e. The van der Waals surface area contributed by atoms with Crippen molar-refractivity contribution >= 4 is 138 Å². The summed E-state index contributed by atoms with van der Waals surface area (Å²) in [5.41, 5.74) is 5.13. The van der Waals surface area contributed by atoms with Gasteiger partial charge in [-0.2, -0.15) is 0 Å². The highest BCUT2D eigenvalue weighted by atomic mass is 35.5. The number of hydrogen-bond acceptors (Lipinski definition) is 9. The molecular weight excluding hydrogens is 1000 g/mol. The van der Waals surface area contributed by atoms with E-state index < -0.39 is 16.6 Å². The number of nitrogens with zero attached hydrogens (tertiary/aromatic N) is 3. The zero-order valence-electron chi connectivity index (χ0n) is 37.4. The van der Waals surface area contributed by atoms with Crippen molar-refractivity contribution in [1.82, 2.24) is 30.2 Å². The number of fused-ring (bicyclic) bond motifs is 6. The summed E-state index contributed by atoms with van der Waals surface area (Å²) in [7, 11) is 0. The van der Waals surface area contributed by atoms with Gasteiger partial charge in [0.1, 0.15) is 11.3 Å². The lowest BCUT2D eigenvalue weighted by atomic mass is 9.82. The molecule has 6 heterocycles. The van der Waals surface area contributed by atoms with Crippen LogP contribution in [0.25, 0.3) is 33.2 Å². The molecule has 3 N–H and O–H groups in total. The molecule has 0 saturated carbocycles. The lowest BCUT2D eigenvalue weighted by molar-refractivity contribution is -0.141. The third-order valence-corrected chi connectivity index (χ3v) is 12.6. The number of hydrogen-bond donors (Lipinski definition) is 3. The van der Waals surface area contributed by atoms with E-state index in [1.165, 1.54) is 35.4 Å². The number of aromatic amines is 2. The second kappa shape index (κ2) is 20.8. The fourth-order valence-corrected chi connectivity index (χ4v) is 8.68. The topological polar surface area (TPSA) is 159 Å². The summed E-state index contributed by atoms with van der Waals surface area (Å²) >= 11 is 40.9. The molecule has 12 nitrogen and oxygen atoms in total. The number of H-pyrrole nitrogens is 2. The number of carbonyl (C=O) groups excluding carboxylic acids is 4. The smallest absolute Gasteiger partial charge is 0.342 e. The van der Waals surface area contributed by atoms with Gasteiger partial charge < -0.3 is 29.7 Å². The first kappa shape index (κ1) is 51.6. The van der Waals surface area contributed by atoms with Gasteiger partial charge >= 0.3 is 11.9 Å². The average Bonchev–Trinajstić information content (AvgIpc) is 3.74. The third kappa shape index (κ3) is 11.7. The van der Waals surface area contributed by atoms with Crippen molar-refractivity contribution in [2.45, 2.75) is 78.4 Å². The Kier molecular flexibility index (Phi) is 16.0. The van der Waals surface area contributed by atoms with Crippen LogP contribution in [-0.2, 0) is 29.9 Å². The van der Waals surface area contributed by atoms with Gasteiger partial charge in [-0.25, -0.2) is 19.6 Å². The lowest BCUT2D eigenvalue weighted by Crippen LogP contribution is -2.37. The molecule has 0 atom stereocenters. The number of esters is 2. The molecule has 67 heavy (non-hydrogen) atoms. The number of nitrogens with one attached hydrogen (secondary N) is 3. The van der Waals surface area contributed by atoms with Gasteiger partial charge in [0.05, 0.1) is 64.9 Å². The molecule has 2 aliphatic heterocycles. The fourth-order valence-electron chi connectivity index (χ4n) is 7.65. The van der Waals surface area contributed by atoms with Gasteiger partial charge in [-0.15, -0.1) is 0 Å². The quantitative estimate of drug-likeness (QED) is 0.109. The Bertz CT molecular complexity index is 2990. The average molecular weight is 1050 g/mol. The molecule has 19 heteroatoms. The number of benzene rings is 2. The zero-order valence-corrected chi connectivity index (χ0v) is 42.7. The largest absolute Gasteiger partial charge is 0.459 e. The number of carbonyl (C=O) groups is 4. The Labute approximate surface area is 422 Å². The van der Waals surface area contributed by atoms with Crippen molar-refractivity contribution in [2.24, 2.45) is 0 Å². The van der Waals surface area contributed by atoms with E-state index >= 15 is 0 Å². The molecule has 1 amide bonds. The molecule has 4 aromatic heterocycles. The first-order valence-electron chi connectivity index (χ1n) is 20.7. The molecular formula is C48H45Cl7N6O6. The van der Waals surface area contributed by atoms with Gasteiger partial charge in [0.15, 0.2) is 0 Å². The van der Waals surface area contributed by atoms with Crippen molar-refractivity contribution in [3.63, 3.8) is 0 Å². The summed E-state index contributed by atoms with van der Waals surface area (Å²) < 4.78 is 10.9. The number of pyridine rings is 2. The van der Waals surface area contributed by atoms with E-state index in [4.69, 9.17) is 90.7 Å². The summed E-state index contributed by atoms with van der Waals surface area (Å²) in [5.74, 6) is -1.22. The Hall–Kier alpha value is -4.79. The molecule has 2 aliphatic rings. The van der Waals surface area contributed by atoms with Crippen molar-refractivity contribution in [1.29, 1.82) is 0 Å². The molecule has 0 fully saturated rings. The molecule has 352 valence electrons. The van der Waals surface area contributed by atoms with E-state index in [0.29, 0.717) is 59.7 Å².